The van der Waals surface area contributed by atoms with Gasteiger partial charge in [0.2, 0.25) is 0 Å². The van der Waals surface area contributed by atoms with Crippen molar-refractivity contribution in [3.8, 4) is 5.75 Å². The van der Waals surface area contributed by atoms with Gasteiger partial charge in [0.25, 0.3) is 0 Å². The number of ether oxygens (including phenoxy) is 1. The van der Waals surface area contributed by atoms with Crippen molar-refractivity contribution < 1.29 is 9.13 Å². The summed E-state index contributed by atoms with van der Waals surface area (Å²) in [6.45, 7) is 5.22. The number of piperazine rings is 1. The molecule has 0 atom stereocenters. The Morgan fingerprint density at radius 3 is 2.38 bits per heavy atom. The third-order valence-corrected chi connectivity index (χ3v) is 4.99. The summed E-state index contributed by atoms with van der Waals surface area (Å²) in [5.74, 6) is 2.65. The van der Waals surface area contributed by atoms with Crippen molar-refractivity contribution >= 4 is 23.0 Å². The van der Waals surface area contributed by atoms with E-state index in [4.69, 9.17) is 4.74 Å². The number of benzene rings is 2. The minimum atomic E-state index is -0.310. The molecular weight excluding hydrogens is 369 g/mol. The van der Waals surface area contributed by atoms with Gasteiger partial charge in [0.1, 0.15) is 29.0 Å². The Bertz CT molecular complexity index is 988. The molecule has 1 fully saturated rings. The van der Waals surface area contributed by atoms with E-state index in [1.165, 1.54) is 6.07 Å². The molecular formula is C22H24FN5O. The van der Waals surface area contributed by atoms with E-state index < -0.39 is 0 Å². The van der Waals surface area contributed by atoms with Crippen LogP contribution in [0.1, 0.15) is 5.82 Å². The van der Waals surface area contributed by atoms with Gasteiger partial charge < -0.3 is 19.9 Å². The summed E-state index contributed by atoms with van der Waals surface area (Å²) in [5, 5.41) is 3.06. The number of aryl methyl sites for hydroxylation is 1. The fourth-order valence-electron chi connectivity index (χ4n) is 3.55. The molecule has 3 aromatic rings. The largest absolute Gasteiger partial charge is 0.495 e. The normalized spacial score (nSPS) is 14.0. The standard InChI is InChI=1S/C22H24FN5O/c1-16-24-21(26-18-8-4-3-7-17(18)23)15-22(25-16)28-13-11-27(12-14-28)19-9-5-6-10-20(19)29-2/h3-10,15H,11-14H2,1-2H3,(H,24,25,26). The van der Waals surface area contributed by atoms with E-state index in [-0.39, 0.29) is 5.82 Å². The fourth-order valence-corrected chi connectivity index (χ4v) is 3.55. The number of nitrogens with one attached hydrogen (secondary N) is 1. The lowest BCUT2D eigenvalue weighted by molar-refractivity contribution is 0.413. The van der Waals surface area contributed by atoms with Crippen molar-refractivity contribution in [1.82, 2.24) is 9.97 Å². The van der Waals surface area contributed by atoms with Crippen LogP contribution in [0.5, 0.6) is 5.75 Å². The second kappa shape index (κ2) is 8.34. The van der Waals surface area contributed by atoms with E-state index in [2.05, 4.69) is 31.2 Å². The lowest BCUT2D eigenvalue weighted by atomic mass is 10.2. The SMILES string of the molecule is COc1ccccc1N1CCN(c2cc(Nc3ccccc3F)nc(C)n2)CC1. The predicted octanol–water partition coefficient (Wildman–Crippen LogP) is 4.00. The summed E-state index contributed by atoms with van der Waals surface area (Å²) in [6, 6.07) is 16.5. The first-order valence-electron chi connectivity index (χ1n) is 9.64. The van der Waals surface area contributed by atoms with Crippen LogP contribution in [0.15, 0.2) is 54.6 Å². The van der Waals surface area contributed by atoms with Crippen LogP contribution in [-0.4, -0.2) is 43.3 Å². The van der Waals surface area contributed by atoms with Gasteiger partial charge in [0.15, 0.2) is 0 Å². The average Bonchev–Trinajstić information content (AvgIpc) is 2.75. The molecule has 1 aliphatic rings. The molecule has 29 heavy (non-hydrogen) atoms. The highest BCUT2D eigenvalue weighted by atomic mass is 19.1. The summed E-state index contributed by atoms with van der Waals surface area (Å²) in [5.41, 5.74) is 1.51. The zero-order valence-electron chi connectivity index (χ0n) is 16.6. The lowest BCUT2D eigenvalue weighted by Gasteiger charge is -2.37. The average molecular weight is 393 g/mol. The lowest BCUT2D eigenvalue weighted by Crippen LogP contribution is -2.47. The van der Waals surface area contributed by atoms with Crippen LogP contribution in [0.25, 0.3) is 0 Å². The van der Waals surface area contributed by atoms with Gasteiger partial charge in [0, 0.05) is 32.2 Å². The van der Waals surface area contributed by atoms with Gasteiger partial charge in [-0.15, -0.1) is 0 Å². The molecule has 6 nitrogen and oxygen atoms in total. The zero-order chi connectivity index (χ0) is 20.2. The molecule has 1 N–H and O–H groups in total. The first kappa shape index (κ1) is 19.0. The first-order chi connectivity index (χ1) is 14.1. The molecule has 4 rings (SSSR count). The van der Waals surface area contributed by atoms with E-state index in [0.717, 1.165) is 43.4 Å². The number of aromatic nitrogens is 2. The van der Waals surface area contributed by atoms with Crippen LogP contribution < -0.4 is 19.9 Å². The summed E-state index contributed by atoms with van der Waals surface area (Å²) >= 11 is 0. The van der Waals surface area contributed by atoms with E-state index in [0.29, 0.717) is 17.3 Å². The fraction of sp³-hybridized carbons (Fsp3) is 0.273. The monoisotopic (exact) mass is 393 g/mol. The Morgan fingerprint density at radius 1 is 0.931 bits per heavy atom. The van der Waals surface area contributed by atoms with E-state index in [1.807, 2.05) is 31.2 Å². The summed E-state index contributed by atoms with van der Waals surface area (Å²) in [4.78, 5) is 13.5. The van der Waals surface area contributed by atoms with Crippen molar-refractivity contribution in [2.45, 2.75) is 6.92 Å². The smallest absolute Gasteiger partial charge is 0.146 e. The Labute approximate surface area is 170 Å². The van der Waals surface area contributed by atoms with E-state index in [1.54, 1.807) is 25.3 Å². The molecule has 150 valence electrons. The van der Waals surface area contributed by atoms with Crippen LogP contribution in [-0.2, 0) is 0 Å². The summed E-state index contributed by atoms with van der Waals surface area (Å²) < 4.78 is 19.5. The molecule has 0 unspecified atom stereocenters. The number of hydrogen-bond donors (Lipinski definition) is 1. The van der Waals surface area contributed by atoms with Crippen LogP contribution in [0.4, 0.5) is 27.4 Å². The molecule has 0 spiro atoms. The number of halogens is 1. The zero-order valence-corrected chi connectivity index (χ0v) is 16.6. The Morgan fingerprint density at radius 2 is 1.62 bits per heavy atom. The molecule has 0 bridgehead atoms. The molecule has 0 radical (unpaired) electrons. The third-order valence-electron chi connectivity index (χ3n) is 4.99. The first-order valence-corrected chi connectivity index (χ1v) is 9.64. The van der Waals surface area contributed by atoms with Crippen molar-refractivity contribution in [3.05, 3.63) is 66.2 Å². The van der Waals surface area contributed by atoms with E-state index >= 15 is 0 Å². The van der Waals surface area contributed by atoms with Gasteiger partial charge in [-0.2, -0.15) is 0 Å². The second-order valence-corrected chi connectivity index (χ2v) is 6.91. The van der Waals surface area contributed by atoms with Crippen LogP contribution >= 0.6 is 0 Å². The van der Waals surface area contributed by atoms with Gasteiger partial charge in [0.05, 0.1) is 18.5 Å². The molecule has 0 amide bonds. The number of para-hydroxylation sites is 3. The van der Waals surface area contributed by atoms with E-state index in [9.17, 15) is 4.39 Å². The van der Waals surface area contributed by atoms with Gasteiger partial charge in [-0.25, -0.2) is 14.4 Å². The number of methoxy groups -OCH3 is 1. The Kier molecular flexibility index (Phi) is 5.46. The molecule has 1 aliphatic heterocycles. The van der Waals surface area contributed by atoms with Crippen LogP contribution in [0, 0.1) is 12.7 Å². The maximum absolute atomic E-state index is 14.0. The predicted molar refractivity (Wildman–Crippen MR) is 114 cm³/mol. The minimum Gasteiger partial charge on any atom is -0.495 e. The molecule has 1 aromatic heterocycles. The molecule has 1 saturated heterocycles. The number of anilines is 4. The van der Waals surface area contributed by atoms with Crippen molar-refractivity contribution in [2.24, 2.45) is 0 Å². The quantitative estimate of drug-likeness (QED) is 0.707. The maximum Gasteiger partial charge on any atom is 0.146 e. The summed E-state index contributed by atoms with van der Waals surface area (Å²) in [6.07, 6.45) is 0. The topological polar surface area (TPSA) is 53.5 Å². The van der Waals surface area contributed by atoms with Crippen molar-refractivity contribution in [3.63, 3.8) is 0 Å². The van der Waals surface area contributed by atoms with Gasteiger partial charge in [-0.05, 0) is 31.2 Å². The van der Waals surface area contributed by atoms with Crippen molar-refractivity contribution in [1.29, 1.82) is 0 Å². The highest BCUT2D eigenvalue weighted by molar-refractivity contribution is 5.62. The number of nitrogens with zero attached hydrogens (tertiary/aromatic N) is 4. The molecule has 2 aromatic carbocycles. The van der Waals surface area contributed by atoms with Gasteiger partial charge >= 0.3 is 0 Å². The number of rotatable bonds is 5. The molecule has 2 heterocycles. The third kappa shape index (κ3) is 4.23. The molecule has 0 aliphatic carbocycles. The highest BCUT2D eigenvalue weighted by Crippen LogP contribution is 2.29. The Hall–Kier alpha value is -3.35. The van der Waals surface area contributed by atoms with Gasteiger partial charge in [-0.1, -0.05) is 24.3 Å². The van der Waals surface area contributed by atoms with Crippen LogP contribution in [0.2, 0.25) is 0 Å². The molecule has 7 heteroatoms. The number of hydrogen-bond acceptors (Lipinski definition) is 6. The second-order valence-electron chi connectivity index (χ2n) is 6.91. The highest BCUT2D eigenvalue weighted by Gasteiger charge is 2.21. The molecule has 0 saturated carbocycles. The van der Waals surface area contributed by atoms with Crippen molar-refractivity contribution in [2.75, 3.05) is 48.4 Å². The van der Waals surface area contributed by atoms with Gasteiger partial charge in [-0.3, -0.25) is 0 Å². The minimum absolute atomic E-state index is 0.310. The Balaban J connectivity index is 1.48. The van der Waals surface area contributed by atoms with Crippen LogP contribution in [0.3, 0.4) is 0 Å². The summed E-state index contributed by atoms with van der Waals surface area (Å²) in [7, 11) is 1.70. The maximum atomic E-state index is 14.0.